The monoisotopic (exact) mass is 342 g/mol. The van der Waals surface area contributed by atoms with E-state index in [0.717, 1.165) is 5.56 Å². The van der Waals surface area contributed by atoms with E-state index in [1.165, 1.54) is 6.07 Å². The van der Waals surface area contributed by atoms with E-state index < -0.39 is 5.92 Å². The van der Waals surface area contributed by atoms with E-state index in [1.807, 2.05) is 6.92 Å². The highest BCUT2D eigenvalue weighted by Gasteiger charge is 2.35. The summed E-state index contributed by atoms with van der Waals surface area (Å²) in [5, 5.41) is 26.5. The molecule has 4 N–H and O–H groups in total. The number of methoxy groups -OCH3 is 1. The molecule has 8 nitrogen and oxygen atoms in total. The lowest BCUT2D eigenvalue weighted by Gasteiger charge is -2.24. The number of aromatic nitrogens is 2. The topological polar surface area (TPSA) is 126 Å². The maximum atomic E-state index is 9.94. The maximum Gasteiger partial charge on any atom is 0.244 e. The number of phenolic OH excluding ortho intramolecular Hbond substituents is 1. The van der Waals surface area contributed by atoms with E-state index in [4.69, 9.17) is 19.9 Å². The number of fused-ring (bicyclic) bond motifs is 1. The van der Waals surface area contributed by atoms with Crippen LogP contribution in [0.2, 0.25) is 0 Å². The van der Waals surface area contributed by atoms with Crippen LogP contribution in [0.4, 0.5) is 0 Å². The lowest BCUT2D eigenvalue weighted by atomic mass is 9.84. The van der Waals surface area contributed by atoms with Crippen LogP contribution < -0.4 is 15.2 Å². The van der Waals surface area contributed by atoms with Gasteiger partial charge in [-0.3, -0.25) is 5.10 Å². The summed E-state index contributed by atoms with van der Waals surface area (Å²) < 4.78 is 16.1. The summed E-state index contributed by atoms with van der Waals surface area (Å²) in [6, 6.07) is 7.04. The number of nitrogens with two attached hydrogens (primary N) is 1. The molecule has 1 atom stereocenters. The van der Waals surface area contributed by atoms with Crippen LogP contribution in [0.3, 0.4) is 0 Å². The summed E-state index contributed by atoms with van der Waals surface area (Å²) in [4.78, 5) is 0. The minimum absolute atomic E-state index is 0.00139. The number of hydrogen-bond acceptors (Lipinski definition) is 7. The van der Waals surface area contributed by atoms with Gasteiger partial charge in [-0.2, -0.15) is 5.26 Å². The normalized spacial score (nSPS) is 16.1. The fourth-order valence-electron chi connectivity index (χ4n) is 2.88. The van der Waals surface area contributed by atoms with Crippen molar-refractivity contribution in [1.29, 1.82) is 5.26 Å². The van der Waals surface area contributed by atoms with Crippen molar-refractivity contribution < 1.29 is 19.3 Å². The van der Waals surface area contributed by atoms with Gasteiger partial charge in [-0.25, -0.2) is 0 Å². The Morgan fingerprint density at radius 3 is 2.96 bits per heavy atom. The third kappa shape index (κ3) is 2.86. The van der Waals surface area contributed by atoms with Gasteiger partial charge in [0.2, 0.25) is 11.8 Å². The fraction of sp³-hybridized carbons (Fsp3) is 0.294. The van der Waals surface area contributed by atoms with Crippen molar-refractivity contribution in [3.05, 3.63) is 46.5 Å². The third-order valence-corrected chi connectivity index (χ3v) is 3.92. The second-order valence-electron chi connectivity index (χ2n) is 5.44. The molecule has 1 aliphatic heterocycles. The lowest BCUT2D eigenvalue weighted by molar-refractivity contribution is 0.180. The molecule has 3 rings (SSSR count). The lowest BCUT2D eigenvalue weighted by Crippen LogP contribution is -2.21. The Morgan fingerprint density at radius 2 is 2.28 bits per heavy atom. The SMILES string of the molecule is CCOc1cc([C@H]2C(C#N)=C(N)Oc3n[nH]c(COC)c32)ccc1O. The van der Waals surface area contributed by atoms with E-state index in [9.17, 15) is 10.4 Å². The highest BCUT2D eigenvalue weighted by atomic mass is 16.5. The van der Waals surface area contributed by atoms with E-state index in [0.29, 0.717) is 29.5 Å². The first kappa shape index (κ1) is 16.7. The first-order valence-corrected chi connectivity index (χ1v) is 7.70. The number of nitrogens with one attached hydrogen (secondary N) is 1. The first-order valence-electron chi connectivity index (χ1n) is 7.70. The predicted molar refractivity (Wildman–Crippen MR) is 87.9 cm³/mol. The minimum Gasteiger partial charge on any atom is -0.504 e. The Balaban J connectivity index is 2.18. The number of hydrogen-bond donors (Lipinski definition) is 3. The molecule has 1 aromatic carbocycles. The summed E-state index contributed by atoms with van der Waals surface area (Å²) in [5.41, 5.74) is 8.27. The van der Waals surface area contributed by atoms with Crippen LogP contribution in [0, 0.1) is 11.3 Å². The quantitative estimate of drug-likeness (QED) is 0.757. The van der Waals surface area contributed by atoms with Gasteiger partial charge in [0, 0.05) is 7.11 Å². The van der Waals surface area contributed by atoms with E-state index >= 15 is 0 Å². The zero-order chi connectivity index (χ0) is 18.0. The summed E-state index contributed by atoms with van der Waals surface area (Å²) in [6.45, 7) is 2.50. The smallest absolute Gasteiger partial charge is 0.244 e. The zero-order valence-corrected chi connectivity index (χ0v) is 13.9. The number of phenols is 1. The van der Waals surface area contributed by atoms with Crippen LogP contribution >= 0.6 is 0 Å². The van der Waals surface area contributed by atoms with Gasteiger partial charge in [0.15, 0.2) is 11.5 Å². The first-order chi connectivity index (χ1) is 12.1. The molecule has 2 aromatic rings. The van der Waals surface area contributed by atoms with Crippen molar-refractivity contribution >= 4 is 0 Å². The number of allylic oxidation sites excluding steroid dienone is 1. The van der Waals surface area contributed by atoms with Gasteiger partial charge in [0.1, 0.15) is 11.6 Å². The number of nitrogens with zero attached hydrogens (tertiary/aromatic N) is 2. The van der Waals surface area contributed by atoms with Crippen LogP contribution in [0.1, 0.15) is 29.7 Å². The Morgan fingerprint density at radius 1 is 1.48 bits per heavy atom. The van der Waals surface area contributed by atoms with Crippen LogP contribution in [0.5, 0.6) is 17.4 Å². The minimum atomic E-state index is -0.502. The number of benzene rings is 1. The van der Waals surface area contributed by atoms with Gasteiger partial charge in [-0.05, 0) is 24.6 Å². The second kappa shape index (κ2) is 6.75. The van der Waals surface area contributed by atoms with E-state index in [1.54, 1.807) is 19.2 Å². The molecule has 8 heteroatoms. The van der Waals surface area contributed by atoms with Crippen LogP contribution in [0.15, 0.2) is 29.7 Å². The predicted octanol–water partition coefficient (Wildman–Crippen LogP) is 1.88. The van der Waals surface area contributed by atoms with Crippen LogP contribution in [-0.4, -0.2) is 29.0 Å². The number of rotatable bonds is 5. The zero-order valence-electron chi connectivity index (χ0n) is 13.9. The number of aromatic hydroxyl groups is 1. The average molecular weight is 342 g/mol. The van der Waals surface area contributed by atoms with Gasteiger partial charge >= 0.3 is 0 Å². The van der Waals surface area contributed by atoms with E-state index in [-0.39, 0.29) is 23.8 Å². The van der Waals surface area contributed by atoms with Gasteiger partial charge in [0.25, 0.3) is 0 Å². The van der Waals surface area contributed by atoms with Gasteiger partial charge in [-0.15, -0.1) is 5.10 Å². The summed E-state index contributed by atoms with van der Waals surface area (Å²) in [6.07, 6.45) is 0. The molecule has 0 aliphatic carbocycles. The van der Waals surface area contributed by atoms with Gasteiger partial charge < -0.3 is 25.1 Å². The van der Waals surface area contributed by atoms with Crippen molar-refractivity contribution in [3.63, 3.8) is 0 Å². The molecule has 2 heterocycles. The number of aromatic amines is 1. The Hall–Kier alpha value is -3.18. The largest absolute Gasteiger partial charge is 0.504 e. The molecule has 0 fully saturated rings. The Labute approximate surface area is 144 Å². The summed E-state index contributed by atoms with van der Waals surface area (Å²) in [7, 11) is 1.56. The molecule has 0 saturated carbocycles. The molecule has 0 saturated heterocycles. The average Bonchev–Trinajstić information content (AvgIpc) is 2.98. The maximum absolute atomic E-state index is 9.94. The molecule has 1 aliphatic rings. The number of H-pyrrole nitrogens is 1. The summed E-state index contributed by atoms with van der Waals surface area (Å²) >= 11 is 0. The molecule has 0 spiro atoms. The Kier molecular flexibility index (Phi) is 4.50. The van der Waals surface area contributed by atoms with Gasteiger partial charge in [-0.1, -0.05) is 6.07 Å². The molecule has 0 amide bonds. The Bertz CT molecular complexity index is 866. The summed E-state index contributed by atoms with van der Waals surface area (Å²) in [5.74, 6) is 0.164. The molecule has 0 radical (unpaired) electrons. The molecule has 130 valence electrons. The fourth-order valence-corrected chi connectivity index (χ4v) is 2.88. The van der Waals surface area contributed by atoms with Crippen molar-refractivity contribution in [2.24, 2.45) is 5.73 Å². The highest BCUT2D eigenvalue weighted by molar-refractivity contribution is 5.57. The van der Waals surface area contributed by atoms with Crippen molar-refractivity contribution in [3.8, 4) is 23.4 Å². The molecule has 1 aromatic heterocycles. The highest BCUT2D eigenvalue weighted by Crippen LogP contribution is 2.44. The second-order valence-corrected chi connectivity index (χ2v) is 5.44. The van der Waals surface area contributed by atoms with Crippen molar-refractivity contribution in [2.75, 3.05) is 13.7 Å². The van der Waals surface area contributed by atoms with Crippen LogP contribution in [0.25, 0.3) is 0 Å². The number of nitriles is 1. The van der Waals surface area contributed by atoms with Crippen molar-refractivity contribution in [1.82, 2.24) is 10.2 Å². The molecule has 0 unspecified atom stereocenters. The molecular weight excluding hydrogens is 324 g/mol. The van der Waals surface area contributed by atoms with Crippen molar-refractivity contribution in [2.45, 2.75) is 19.4 Å². The standard InChI is InChI=1S/C17H18N4O4/c1-3-24-13-6-9(4-5-12(13)22)14-10(7-18)16(19)25-17-15(14)11(8-23-2)20-21-17/h4-6,14,22H,3,8,19H2,1-2H3,(H,20,21)/t14-/m0/s1. The third-order valence-electron chi connectivity index (χ3n) is 3.92. The molecule has 25 heavy (non-hydrogen) atoms. The number of ether oxygens (including phenoxy) is 3. The van der Waals surface area contributed by atoms with E-state index in [2.05, 4.69) is 16.3 Å². The molecular formula is C17H18N4O4. The molecule has 0 bridgehead atoms. The van der Waals surface area contributed by atoms with Gasteiger partial charge in [0.05, 0.1) is 30.4 Å². The van der Waals surface area contributed by atoms with Crippen LogP contribution in [-0.2, 0) is 11.3 Å².